The second-order valence-corrected chi connectivity index (χ2v) is 7.86. The summed E-state index contributed by atoms with van der Waals surface area (Å²) in [6, 6.07) is 0.0187. The van der Waals surface area contributed by atoms with Gasteiger partial charge in [-0.05, 0) is 37.5 Å². The van der Waals surface area contributed by atoms with Gasteiger partial charge in [-0.1, -0.05) is 0 Å². The molecule has 2 aromatic rings. The van der Waals surface area contributed by atoms with Crippen LogP contribution in [0.3, 0.4) is 0 Å². The number of nitrogens with one attached hydrogen (secondary N) is 2. The molecule has 1 saturated heterocycles. The second-order valence-electron chi connectivity index (χ2n) is 7.86. The molecular formula is C19H23N7O3. The molecule has 0 bridgehead atoms. The van der Waals surface area contributed by atoms with E-state index in [2.05, 4.69) is 25.5 Å². The summed E-state index contributed by atoms with van der Waals surface area (Å²) in [6.07, 6.45) is 9.66. The third-order valence-corrected chi connectivity index (χ3v) is 5.95. The topological polar surface area (TPSA) is 147 Å². The number of carbonyl (C=O) groups is 2. The summed E-state index contributed by atoms with van der Waals surface area (Å²) in [6.45, 7) is 1.35. The fraction of sp³-hybridized carbons (Fsp3) is 0.474. The number of amides is 2. The highest BCUT2D eigenvalue weighted by atomic mass is 16.2. The van der Waals surface area contributed by atoms with Gasteiger partial charge in [0, 0.05) is 25.3 Å². The highest BCUT2D eigenvalue weighted by Gasteiger charge is 2.43. The summed E-state index contributed by atoms with van der Waals surface area (Å²) in [5.41, 5.74) is 5.64. The van der Waals surface area contributed by atoms with Crippen molar-refractivity contribution in [2.75, 3.05) is 18.8 Å². The number of aromatic amines is 1. The molecule has 1 spiro atoms. The number of rotatable bonds is 3. The van der Waals surface area contributed by atoms with Gasteiger partial charge in [0.05, 0.1) is 18.6 Å². The van der Waals surface area contributed by atoms with Crippen molar-refractivity contribution in [1.29, 1.82) is 0 Å². The van der Waals surface area contributed by atoms with E-state index in [9.17, 15) is 14.4 Å². The molecule has 1 aliphatic heterocycles. The maximum Gasteiger partial charge on any atom is 0.274 e. The normalized spacial score (nSPS) is 23.9. The first-order valence-electron chi connectivity index (χ1n) is 9.67. The molecule has 1 saturated carbocycles. The van der Waals surface area contributed by atoms with Gasteiger partial charge in [0.2, 0.25) is 5.43 Å². The SMILES string of the molecule is Nc1cncc(C(=O)N2CCC3(CCC(NC(=O)c4c[nH]ncc4=O)CC3)C2)n1. The van der Waals surface area contributed by atoms with Crippen molar-refractivity contribution in [3.8, 4) is 0 Å². The Bertz CT molecular complexity index is 982. The van der Waals surface area contributed by atoms with Crippen molar-refractivity contribution >= 4 is 17.6 Å². The lowest BCUT2D eigenvalue weighted by atomic mass is 9.72. The molecule has 0 unspecified atom stereocenters. The van der Waals surface area contributed by atoms with Crippen molar-refractivity contribution in [3.63, 3.8) is 0 Å². The third kappa shape index (κ3) is 3.96. The summed E-state index contributed by atoms with van der Waals surface area (Å²) in [7, 11) is 0. The largest absolute Gasteiger partial charge is 0.382 e. The zero-order valence-corrected chi connectivity index (χ0v) is 15.9. The molecule has 10 nitrogen and oxygen atoms in total. The molecule has 2 aromatic heterocycles. The maximum absolute atomic E-state index is 12.7. The lowest BCUT2D eigenvalue weighted by Crippen LogP contribution is -2.43. The Morgan fingerprint density at radius 1 is 1.21 bits per heavy atom. The number of anilines is 1. The van der Waals surface area contributed by atoms with E-state index in [0.717, 1.165) is 38.3 Å². The van der Waals surface area contributed by atoms with Crippen LogP contribution in [0.1, 0.15) is 53.0 Å². The Morgan fingerprint density at radius 2 is 2.00 bits per heavy atom. The van der Waals surface area contributed by atoms with Crippen LogP contribution in [-0.2, 0) is 0 Å². The van der Waals surface area contributed by atoms with Crippen molar-refractivity contribution in [1.82, 2.24) is 30.4 Å². The molecule has 152 valence electrons. The van der Waals surface area contributed by atoms with Gasteiger partial charge in [0.25, 0.3) is 11.8 Å². The number of nitrogen functional groups attached to an aromatic ring is 1. The van der Waals surface area contributed by atoms with E-state index in [0.29, 0.717) is 13.1 Å². The van der Waals surface area contributed by atoms with Gasteiger partial charge in [0.15, 0.2) is 0 Å². The van der Waals surface area contributed by atoms with E-state index in [-0.39, 0.29) is 40.3 Å². The Labute approximate surface area is 166 Å². The van der Waals surface area contributed by atoms with Gasteiger partial charge in [-0.2, -0.15) is 5.10 Å². The van der Waals surface area contributed by atoms with Crippen molar-refractivity contribution in [3.05, 3.63) is 46.3 Å². The van der Waals surface area contributed by atoms with E-state index in [1.54, 1.807) is 0 Å². The van der Waals surface area contributed by atoms with Gasteiger partial charge in [-0.15, -0.1) is 0 Å². The van der Waals surface area contributed by atoms with Gasteiger partial charge in [-0.3, -0.25) is 24.5 Å². The minimum Gasteiger partial charge on any atom is -0.382 e. The number of hydrogen-bond donors (Lipinski definition) is 3. The first-order chi connectivity index (χ1) is 14.0. The zero-order valence-electron chi connectivity index (χ0n) is 15.9. The van der Waals surface area contributed by atoms with Crippen LogP contribution >= 0.6 is 0 Å². The summed E-state index contributed by atoms with van der Waals surface area (Å²) in [5, 5.41) is 9.08. The van der Waals surface area contributed by atoms with Gasteiger partial charge < -0.3 is 16.0 Å². The van der Waals surface area contributed by atoms with Crippen LogP contribution in [0.15, 0.2) is 29.6 Å². The fourth-order valence-corrected chi connectivity index (χ4v) is 4.32. The van der Waals surface area contributed by atoms with Crippen LogP contribution in [0.4, 0.5) is 5.82 Å². The first-order valence-corrected chi connectivity index (χ1v) is 9.67. The third-order valence-electron chi connectivity index (χ3n) is 5.95. The molecule has 0 radical (unpaired) electrons. The molecule has 2 aliphatic rings. The van der Waals surface area contributed by atoms with E-state index in [4.69, 9.17) is 5.73 Å². The predicted molar refractivity (Wildman–Crippen MR) is 104 cm³/mol. The first kappa shape index (κ1) is 19.0. The molecule has 29 heavy (non-hydrogen) atoms. The van der Waals surface area contributed by atoms with Crippen molar-refractivity contribution < 1.29 is 9.59 Å². The van der Waals surface area contributed by atoms with Crippen LogP contribution < -0.4 is 16.5 Å². The van der Waals surface area contributed by atoms with Gasteiger partial charge in [-0.25, -0.2) is 4.98 Å². The molecule has 4 rings (SSSR count). The highest BCUT2D eigenvalue weighted by molar-refractivity contribution is 5.94. The van der Waals surface area contributed by atoms with E-state index < -0.39 is 5.43 Å². The van der Waals surface area contributed by atoms with E-state index in [1.165, 1.54) is 18.6 Å². The average molecular weight is 397 g/mol. The molecule has 0 atom stereocenters. The molecule has 1 aliphatic carbocycles. The number of likely N-dealkylation sites (tertiary alicyclic amines) is 1. The lowest BCUT2D eigenvalue weighted by molar-refractivity contribution is 0.0744. The lowest BCUT2D eigenvalue weighted by Gasteiger charge is -2.37. The predicted octanol–water partition coefficient (Wildman–Crippen LogP) is 0.347. The Hall–Kier alpha value is -3.30. The molecular weight excluding hydrogens is 374 g/mol. The number of nitrogens with two attached hydrogens (primary N) is 1. The van der Waals surface area contributed by atoms with Crippen LogP contribution in [0.2, 0.25) is 0 Å². The van der Waals surface area contributed by atoms with Crippen molar-refractivity contribution in [2.45, 2.75) is 38.1 Å². The van der Waals surface area contributed by atoms with Crippen LogP contribution in [0, 0.1) is 5.41 Å². The van der Waals surface area contributed by atoms with Crippen LogP contribution in [0.5, 0.6) is 0 Å². The summed E-state index contributed by atoms with van der Waals surface area (Å²) in [4.78, 5) is 46.6. The molecule has 3 heterocycles. The molecule has 2 fully saturated rings. The smallest absolute Gasteiger partial charge is 0.274 e. The maximum atomic E-state index is 12.7. The second kappa shape index (κ2) is 7.61. The molecule has 10 heteroatoms. The van der Waals surface area contributed by atoms with Gasteiger partial charge >= 0.3 is 0 Å². The van der Waals surface area contributed by atoms with E-state index >= 15 is 0 Å². The molecule has 2 amide bonds. The minimum atomic E-state index is -0.400. The number of hydrogen-bond acceptors (Lipinski definition) is 7. The molecule has 0 aromatic carbocycles. The highest BCUT2D eigenvalue weighted by Crippen LogP contribution is 2.44. The number of carbonyl (C=O) groups excluding carboxylic acids is 2. The number of aromatic nitrogens is 4. The molecule has 4 N–H and O–H groups in total. The summed E-state index contributed by atoms with van der Waals surface area (Å²) in [5.74, 6) is -0.291. The Kier molecular flexibility index (Phi) is 4.99. The Balaban J connectivity index is 1.34. The number of nitrogens with zero attached hydrogens (tertiary/aromatic N) is 4. The van der Waals surface area contributed by atoms with Crippen molar-refractivity contribution in [2.24, 2.45) is 5.41 Å². The van der Waals surface area contributed by atoms with Gasteiger partial charge in [0.1, 0.15) is 17.1 Å². The van der Waals surface area contributed by atoms with Crippen LogP contribution in [0.25, 0.3) is 0 Å². The monoisotopic (exact) mass is 397 g/mol. The standard InChI is InChI=1S/C19H23N7O3/c20-16-10-21-8-14(25-16)18(29)26-6-5-19(11-26)3-1-12(2-4-19)24-17(28)13-7-22-23-9-15(13)27/h7-10,12H,1-6,11H2,(H2,20,25)(H,22,27)(H,24,28). The number of H-pyrrole nitrogens is 1. The fourth-order valence-electron chi connectivity index (χ4n) is 4.32. The van der Waals surface area contributed by atoms with E-state index in [1.807, 2.05) is 4.90 Å². The summed E-state index contributed by atoms with van der Waals surface area (Å²) < 4.78 is 0. The minimum absolute atomic E-state index is 0.0187. The Morgan fingerprint density at radius 3 is 2.72 bits per heavy atom. The van der Waals surface area contributed by atoms with Crippen LogP contribution in [-0.4, -0.2) is 56.0 Å². The quantitative estimate of drug-likeness (QED) is 0.677. The summed E-state index contributed by atoms with van der Waals surface area (Å²) >= 11 is 0. The average Bonchev–Trinajstić information content (AvgIpc) is 3.13. The zero-order chi connectivity index (χ0) is 20.4.